The fourth-order valence-electron chi connectivity index (χ4n) is 4.36. The molecule has 3 amide bonds. The Bertz CT molecular complexity index is 612. The average molecular weight is 343 g/mol. The van der Waals surface area contributed by atoms with E-state index in [1.165, 1.54) is 15.5 Å². The summed E-state index contributed by atoms with van der Waals surface area (Å²) in [5.41, 5.74) is -0.625. The van der Waals surface area contributed by atoms with Crippen LogP contribution in [0.3, 0.4) is 0 Å². The number of imide groups is 1. The van der Waals surface area contributed by atoms with Crippen LogP contribution in [0.2, 0.25) is 0 Å². The van der Waals surface area contributed by atoms with E-state index in [2.05, 4.69) is 0 Å². The van der Waals surface area contributed by atoms with E-state index in [1.54, 1.807) is 4.90 Å². The van der Waals surface area contributed by atoms with Crippen molar-refractivity contribution in [2.75, 3.05) is 25.9 Å². The van der Waals surface area contributed by atoms with Crippen LogP contribution in [0.1, 0.15) is 45.4 Å². The number of hydrogen-bond donors (Lipinski definition) is 0. The van der Waals surface area contributed by atoms with E-state index in [1.807, 2.05) is 6.92 Å². The van der Waals surface area contributed by atoms with Crippen molar-refractivity contribution in [3.05, 3.63) is 0 Å². The maximum Gasteiger partial charge on any atom is 0.327 e. The van der Waals surface area contributed by atoms with Crippen molar-refractivity contribution in [3.8, 4) is 0 Å². The lowest BCUT2D eigenvalue weighted by molar-refractivity contribution is -0.134. The Morgan fingerprint density at radius 1 is 1.17 bits per heavy atom. The number of amides is 3. The van der Waals surface area contributed by atoms with Crippen LogP contribution >= 0.6 is 0 Å². The maximum atomic E-state index is 13.0. The van der Waals surface area contributed by atoms with Gasteiger partial charge in [0.1, 0.15) is 5.54 Å². The summed E-state index contributed by atoms with van der Waals surface area (Å²) in [6, 6.07) is -0.342. The summed E-state index contributed by atoms with van der Waals surface area (Å²) in [6.07, 6.45) is 5.49. The third-order valence-electron chi connectivity index (χ3n) is 5.46. The highest BCUT2D eigenvalue weighted by Gasteiger charge is 2.60. The smallest absolute Gasteiger partial charge is 0.310 e. The normalized spacial score (nSPS) is 30.3. The van der Waals surface area contributed by atoms with Gasteiger partial charge in [0.25, 0.3) is 5.91 Å². The third-order valence-corrected chi connectivity index (χ3v) is 6.77. The van der Waals surface area contributed by atoms with Crippen molar-refractivity contribution >= 4 is 22.0 Å². The fraction of sp³-hybridized carbons (Fsp3) is 0.867. The highest BCUT2D eigenvalue weighted by Crippen LogP contribution is 2.42. The molecule has 0 aromatic heterocycles. The van der Waals surface area contributed by atoms with E-state index in [0.717, 1.165) is 25.7 Å². The first-order valence-electron chi connectivity index (χ1n) is 8.41. The third kappa shape index (κ3) is 2.55. The first-order chi connectivity index (χ1) is 10.8. The van der Waals surface area contributed by atoms with Gasteiger partial charge in [-0.15, -0.1) is 0 Å². The second-order valence-corrected chi connectivity index (χ2v) is 8.87. The second-order valence-electron chi connectivity index (χ2n) is 6.89. The number of carbonyl (C=O) groups excluding carboxylic acids is 2. The number of rotatable bonds is 4. The monoisotopic (exact) mass is 343 g/mol. The summed E-state index contributed by atoms with van der Waals surface area (Å²) in [5, 5.41) is 0. The van der Waals surface area contributed by atoms with E-state index >= 15 is 0 Å². The van der Waals surface area contributed by atoms with E-state index in [4.69, 9.17) is 0 Å². The van der Waals surface area contributed by atoms with Gasteiger partial charge in [0, 0.05) is 25.7 Å². The molecule has 3 aliphatic heterocycles. The molecule has 1 atom stereocenters. The van der Waals surface area contributed by atoms with Crippen molar-refractivity contribution in [2.45, 2.75) is 57.0 Å². The Morgan fingerprint density at radius 2 is 1.83 bits per heavy atom. The van der Waals surface area contributed by atoms with Gasteiger partial charge in [-0.25, -0.2) is 17.5 Å². The Hall–Kier alpha value is -1.15. The summed E-state index contributed by atoms with van der Waals surface area (Å²) in [6.45, 7) is 3.45. The fourth-order valence-corrected chi connectivity index (χ4v) is 5.23. The summed E-state index contributed by atoms with van der Waals surface area (Å²) in [4.78, 5) is 29.0. The molecule has 23 heavy (non-hydrogen) atoms. The molecule has 3 rings (SSSR count). The lowest BCUT2D eigenvalue weighted by atomic mass is 9.90. The number of fused-ring (bicyclic) bond motifs is 1. The molecule has 0 aromatic rings. The molecule has 0 bridgehead atoms. The zero-order valence-electron chi connectivity index (χ0n) is 13.8. The number of hydrogen-bond acceptors (Lipinski definition) is 4. The highest BCUT2D eigenvalue weighted by molar-refractivity contribution is 7.88. The van der Waals surface area contributed by atoms with Crippen LogP contribution in [0, 0.1) is 0 Å². The first kappa shape index (κ1) is 16.7. The van der Waals surface area contributed by atoms with E-state index in [0.29, 0.717) is 32.5 Å². The predicted octanol–water partition coefficient (Wildman–Crippen LogP) is 1.01. The Morgan fingerprint density at radius 3 is 2.39 bits per heavy atom. The Kier molecular flexibility index (Phi) is 4.16. The van der Waals surface area contributed by atoms with Gasteiger partial charge in [-0.3, -0.25) is 9.69 Å². The minimum Gasteiger partial charge on any atom is -0.310 e. The van der Waals surface area contributed by atoms with Gasteiger partial charge in [0.05, 0.1) is 6.26 Å². The van der Waals surface area contributed by atoms with E-state index < -0.39 is 15.6 Å². The number of carbonyl (C=O) groups is 2. The van der Waals surface area contributed by atoms with E-state index in [9.17, 15) is 18.0 Å². The lowest BCUT2D eigenvalue weighted by Gasteiger charge is -2.34. The molecule has 0 aromatic carbocycles. The molecular weight excluding hydrogens is 318 g/mol. The molecule has 3 saturated heterocycles. The highest BCUT2D eigenvalue weighted by atomic mass is 32.2. The number of piperidine rings is 1. The number of sulfonamides is 1. The van der Waals surface area contributed by atoms with Crippen LogP contribution in [-0.2, 0) is 14.8 Å². The van der Waals surface area contributed by atoms with Crippen LogP contribution in [0.15, 0.2) is 0 Å². The summed E-state index contributed by atoms with van der Waals surface area (Å²) in [7, 11) is -3.20. The molecule has 0 unspecified atom stereocenters. The average Bonchev–Trinajstić information content (AvgIpc) is 2.99. The zero-order valence-corrected chi connectivity index (χ0v) is 14.6. The summed E-state index contributed by atoms with van der Waals surface area (Å²) >= 11 is 0. The van der Waals surface area contributed by atoms with Gasteiger partial charge < -0.3 is 4.90 Å². The van der Waals surface area contributed by atoms with Crippen LogP contribution in [0.25, 0.3) is 0 Å². The molecule has 0 N–H and O–H groups in total. The molecular formula is C15H25N3O4S. The molecule has 130 valence electrons. The van der Waals surface area contributed by atoms with Crippen molar-refractivity contribution in [2.24, 2.45) is 0 Å². The molecule has 7 nitrogen and oxygen atoms in total. The van der Waals surface area contributed by atoms with Crippen molar-refractivity contribution in [1.29, 1.82) is 0 Å². The van der Waals surface area contributed by atoms with Crippen LogP contribution < -0.4 is 0 Å². The summed E-state index contributed by atoms with van der Waals surface area (Å²) < 4.78 is 24.6. The Labute approximate surface area is 137 Å². The Balaban J connectivity index is 1.77. The van der Waals surface area contributed by atoms with E-state index in [-0.39, 0.29) is 18.0 Å². The first-order valence-corrected chi connectivity index (χ1v) is 10.3. The number of nitrogens with zero attached hydrogens (tertiary/aromatic N) is 3. The van der Waals surface area contributed by atoms with Gasteiger partial charge in [0.15, 0.2) is 0 Å². The lowest BCUT2D eigenvalue weighted by Crippen LogP contribution is -2.50. The summed E-state index contributed by atoms with van der Waals surface area (Å²) in [5.74, 6) is -0.0559. The molecule has 8 heteroatoms. The van der Waals surface area contributed by atoms with Crippen molar-refractivity contribution < 1.29 is 18.0 Å². The minimum absolute atomic E-state index is 0.0559. The van der Waals surface area contributed by atoms with Crippen LogP contribution in [-0.4, -0.2) is 71.9 Å². The maximum absolute atomic E-state index is 13.0. The van der Waals surface area contributed by atoms with Crippen molar-refractivity contribution in [3.63, 3.8) is 0 Å². The molecule has 3 aliphatic rings. The SMILES string of the molecule is CCC[C@]12CCCN1C(=O)N(C1CCN(S(C)(=O)=O)CC1)C2=O. The van der Waals surface area contributed by atoms with Gasteiger partial charge in [-0.05, 0) is 32.1 Å². The molecule has 0 radical (unpaired) electrons. The molecule has 3 fully saturated rings. The van der Waals surface area contributed by atoms with Crippen molar-refractivity contribution in [1.82, 2.24) is 14.1 Å². The zero-order chi connectivity index (χ0) is 16.8. The minimum atomic E-state index is -3.20. The molecule has 0 spiro atoms. The second kappa shape index (κ2) is 5.73. The molecule has 0 saturated carbocycles. The van der Waals surface area contributed by atoms with Gasteiger partial charge >= 0.3 is 6.03 Å². The van der Waals surface area contributed by atoms with Gasteiger partial charge in [0.2, 0.25) is 10.0 Å². The van der Waals surface area contributed by atoms with Gasteiger partial charge in [-0.2, -0.15) is 0 Å². The predicted molar refractivity (Wildman–Crippen MR) is 85.3 cm³/mol. The standard InChI is InChI=1S/C15H25N3O4S/c1-3-7-15-8-4-9-17(15)14(20)18(13(15)19)12-5-10-16(11-6-12)23(2,21)22/h12H,3-11H2,1-2H3/t15-/m1/s1. The van der Waals surface area contributed by atoms with Crippen LogP contribution in [0.5, 0.6) is 0 Å². The topological polar surface area (TPSA) is 78.0 Å². The molecule has 0 aliphatic carbocycles. The van der Waals surface area contributed by atoms with Gasteiger partial charge in [-0.1, -0.05) is 13.3 Å². The molecule has 3 heterocycles. The largest absolute Gasteiger partial charge is 0.327 e. The number of urea groups is 1. The quantitative estimate of drug-likeness (QED) is 0.714. The van der Waals surface area contributed by atoms with Crippen LogP contribution in [0.4, 0.5) is 4.79 Å².